The quantitative estimate of drug-likeness (QED) is 0.484. The summed E-state index contributed by atoms with van der Waals surface area (Å²) in [7, 11) is 1.54. The Morgan fingerprint density at radius 1 is 0.893 bits per heavy atom. The van der Waals surface area contributed by atoms with Crippen LogP contribution in [0.2, 0.25) is 10.0 Å². The van der Waals surface area contributed by atoms with Gasteiger partial charge in [-0.25, -0.2) is 4.39 Å². The van der Waals surface area contributed by atoms with Crippen molar-refractivity contribution in [3.8, 4) is 11.5 Å². The predicted molar refractivity (Wildman–Crippen MR) is 111 cm³/mol. The lowest BCUT2D eigenvalue weighted by atomic mass is 10.1. The maximum Gasteiger partial charge on any atom is 0.180 e. The molecule has 0 aromatic heterocycles. The second-order valence-corrected chi connectivity index (χ2v) is 7.00. The molecule has 146 valence electrons. The topological polar surface area (TPSA) is 30.5 Å². The zero-order valence-corrected chi connectivity index (χ0v) is 16.9. The highest BCUT2D eigenvalue weighted by molar-refractivity contribution is 6.32. The maximum absolute atomic E-state index is 13.9. The zero-order chi connectivity index (χ0) is 19.9. The maximum atomic E-state index is 13.9. The van der Waals surface area contributed by atoms with Crippen molar-refractivity contribution >= 4 is 23.2 Å². The number of hydrogen-bond acceptors (Lipinski definition) is 3. The number of ether oxygens (including phenoxy) is 2. The van der Waals surface area contributed by atoms with Gasteiger partial charge in [0.05, 0.1) is 17.2 Å². The Kier molecular flexibility index (Phi) is 7.15. The fourth-order valence-corrected chi connectivity index (χ4v) is 3.28. The Bertz CT molecular complexity index is 915. The lowest BCUT2D eigenvalue weighted by molar-refractivity contribution is 0.280. The highest BCUT2D eigenvalue weighted by atomic mass is 35.5. The third-order valence-corrected chi connectivity index (χ3v) is 4.85. The molecule has 0 bridgehead atoms. The van der Waals surface area contributed by atoms with Crippen molar-refractivity contribution in [3.05, 3.63) is 93.2 Å². The highest BCUT2D eigenvalue weighted by Crippen LogP contribution is 2.37. The van der Waals surface area contributed by atoms with Crippen LogP contribution in [0, 0.1) is 5.82 Å². The molecule has 28 heavy (non-hydrogen) atoms. The molecule has 6 heteroatoms. The molecule has 0 spiro atoms. The molecule has 3 aromatic carbocycles. The standard InChI is InChI=1S/C22H20Cl2FNO2/c1-27-21-11-16(13-26-12-15-6-3-2-4-7-15)10-19(24)22(21)28-14-17-18(23)8-5-9-20(17)25/h2-11,26H,12-14H2,1H3. The van der Waals surface area contributed by atoms with E-state index in [4.69, 9.17) is 32.7 Å². The molecular formula is C22H20Cl2FNO2. The monoisotopic (exact) mass is 419 g/mol. The fraction of sp³-hybridized carbons (Fsp3) is 0.182. The molecule has 3 aromatic rings. The van der Waals surface area contributed by atoms with Gasteiger partial charge in [-0.3, -0.25) is 0 Å². The minimum Gasteiger partial charge on any atom is -0.493 e. The van der Waals surface area contributed by atoms with Crippen LogP contribution in [-0.4, -0.2) is 7.11 Å². The van der Waals surface area contributed by atoms with Gasteiger partial charge in [0.2, 0.25) is 0 Å². The van der Waals surface area contributed by atoms with Crippen molar-refractivity contribution in [1.82, 2.24) is 5.32 Å². The van der Waals surface area contributed by atoms with Gasteiger partial charge >= 0.3 is 0 Å². The summed E-state index contributed by atoms with van der Waals surface area (Å²) in [5.74, 6) is 0.413. The molecule has 1 N–H and O–H groups in total. The van der Waals surface area contributed by atoms with E-state index in [1.54, 1.807) is 18.2 Å². The molecule has 0 saturated heterocycles. The van der Waals surface area contributed by atoms with Crippen molar-refractivity contribution in [3.63, 3.8) is 0 Å². The first-order chi connectivity index (χ1) is 13.6. The average molecular weight is 420 g/mol. The number of methoxy groups -OCH3 is 1. The number of halogens is 3. The summed E-state index contributed by atoms with van der Waals surface area (Å²) in [4.78, 5) is 0. The first-order valence-electron chi connectivity index (χ1n) is 8.75. The lowest BCUT2D eigenvalue weighted by Crippen LogP contribution is -2.13. The largest absolute Gasteiger partial charge is 0.493 e. The van der Waals surface area contributed by atoms with Crippen molar-refractivity contribution < 1.29 is 13.9 Å². The van der Waals surface area contributed by atoms with Crippen LogP contribution in [0.15, 0.2) is 60.7 Å². The first kappa shape index (κ1) is 20.5. The van der Waals surface area contributed by atoms with Crippen molar-refractivity contribution in [1.29, 1.82) is 0 Å². The van der Waals surface area contributed by atoms with Crippen molar-refractivity contribution in [2.45, 2.75) is 19.7 Å². The van der Waals surface area contributed by atoms with E-state index in [0.29, 0.717) is 28.1 Å². The Labute approximate surface area is 174 Å². The van der Waals surface area contributed by atoms with Crippen LogP contribution in [0.25, 0.3) is 0 Å². The van der Waals surface area contributed by atoms with Gasteiger partial charge < -0.3 is 14.8 Å². The van der Waals surface area contributed by atoms with Gasteiger partial charge in [-0.05, 0) is 35.4 Å². The van der Waals surface area contributed by atoms with Crippen LogP contribution < -0.4 is 14.8 Å². The van der Waals surface area contributed by atoms with Gasteiger partial charge in [-0.1, -0.05) is 59.6 Å². The van der Waals surface area contributed by atoms with E-state index in [2.05, 4.69) is 17.4 Å². The Hall–Kier alpha value is -2.27. The highest BCUT2D eigenvalue weighted by Gasteiger charge is 2.15. The molecule has 0 aliphatic rings. The van der Waals surface area contributed by atoms with Crippen LogP contribution in [0.1, 0.15) is 16.7 Å². The third kappa shape index (κ3) is 5.16. The van der Waals surface area contributed by atoms with Crippen LogP contribution in [-0.2, 0) is 19.7 Å². The molecule has 0 radical (unpaired) electrons. The van der Waals surface area contributed by atoms with Gasteiger partial charge in [0.1, 0.15) is 12.4 Å². The summed E-state index contributed by atoms with van der Waals surface area (Å²) in [6.07, 6.45) is 0. The SMILES string of the molecule is COc1cc(CNCc2ccccc2)cc(Cl)c1OCc1c(F)cccc1Cl. The third-order valence-electron chi connectivity index (χ3n) is 4.21. The molecular weight excluding hydrogens is 400 g/mol. The van der Waals surface area contributed by atoms with Crippen LogP contribution >= 0.6 is 23.2 Å². The van der Waals surface area contributed by atoms with Gasteiger partial charge in [0, 0.05) is 18.7 Å². The van der Waals surface area contributed by atoms with E-state index in [1.165, 1.54) is 18.7 Å². The molecule has 0 unspecified atom stereocenters. The number of hydrogen-bond donors (Lipinski definition) is 1. The summed E-state index contributed by atoms with van der Waals surface area (Å²) in [5.41, 5.74) is 2.42. The molecule has 3 nitrogen and oxygen atoms in total. The van der Waals surface area contributed by atoms with Crippen LogP contribution in [0.5, 0.6) is 11.5 Å². The smallest absolute Gasteiger partial charge is 0.180 e. The average Bonchev–Trinajstić information content (AvgIpc) is 2.69. The molecule has 0 atom stereocenters. The van der Waals surface area contributed by atoms with Crippen molar-refractivity contribution in [2.24, 2.45) is 0 Å². The predicted octanol–water partition coefficient (Wildman–Crippen LogP) is 6.01. The second kappa shape index (κ2) is 9.78. The molecule has 0 heterocycles. The molecule has 3 rings (SSSR count). The lowest BCUT2D eigenvalue weighted by Gasteiger charge is -2.15. The zero-order valence-electron chi connectivity index (χ0n) is 15.3. The minimum atomic E-state index is -0.427. The fourth-order valence-electron chi connectivity index (χ4n) is 2.78. The number of rotatable bonds is 8. The van der Waals surface area contributed by atoms with E-state index in [-0.39, 0.29) is 12.2 Å². The molecule has 0 amide bonds. The second-order valence-electron chi connectivity index (χ2n) is 6.19. The van der Waals surface area contributed by atoms with E-state index in [1.807, 2.05) is 24.3 Å². The Balaban J connectivity index is 1.69. The van der Waals surface area contributed by atoms with E-state index in [9.17, 15) is 4.39 Å². The van der Waals surface area contributed by atoms with E-state index >= 15 is 0 Å². The van der Waals surface area contributed by atoms with Gasteiger partial charge in [-0.2, -0.15) is 0 Å². The van der Waals surface area contributed by atoms with Crippen LogP contribution in [0.4, 0.5) is 4.39 Å². The van der Waals surface area contributed by atoms with Crippen LogP contribution in [0.3, 0.4) is 0 Å². The minimum absolute atomic E-state index is 0.0484. The normalized spacial score (nSPS) is 10.7. The Morgan fingerprint density at radius 2 is 1.64 bits per heavy atom. The van der Waals surface area contributed by atoms with Gasteiger partial charge in [-0.15, -0.1) is 0 Å². The summed E-state index contributed by atoms with van der Waals surface area (Å²) >= 11 is 12.4. The Morgan fingerprint density at radius 3 is 2.36 bits per heavy atom. The molecule has 0 saturated carbocycles. The summed E-state index contributed by atoms with van der Waals surface area (Å²) < 4.78 is 25.1. The molecule has 0 aliphatic heterocycles. The number of nitrogens with one attached hydrogen (secondary N) is 1. The van der Waals surface area contributed by atoms with E-state index < -0.39 is 5.82 Å². The number of benzene rings is 3. The van der Waals surface area contributed by atoms with Gasteiger partial charge in [0.15, 0.2) is 11.5 Å². The van der Waals surface area contributed by atoms with Crippen molar-refractivity contribution in [2.75, 3.05) is 7.11 Å². The van der Waals surface area contributed by atoms with Gasteiger partial charge in [0.25, 0.3) is 0 Å². The molecule has 0 fully saturated rings. The summed E-state index contributed by atoms with van der Waals surface area (Å²) in [6, 6.07) is 18.3. The summed E-state index contributed by atoms with van der Waals surface area (Å²) in [6.45, 7) is 1.31. The first-order valence-corrected chi connectivity index (χ1v) is 9.51. The molecule has 0 aliphatic carbocycles. The van der Waals surface area contributed by atoms with E-state index in [0.717, 1.165) is 12.1 Å². The summed E-state index contributed by atoms with van der Waals surface area (Å²) in [5, 5.41) is 4.06.